The first-order valence-corrected chi connectivity index (χ1v) is 9.29. The largest absolute Gasteiger partial charge is 0.396 e. The van der Waals surface area contributed by atoms with Crippen LogP contribution < -0.4 is 17.0 Å². The van der Waals surface area contributed by atoms with Crippen molar-refractivity contribution in [1.82, 2.24) is 19.5 Å². The van der Waals surface area contributed by atoms with Gasteiger partial charge in [-0.15, -0.1) is 0 Å². The Labute approximate surface area is 172 Å². The first-order valence-electron chi connectivity index (χ1n) is 8.92. The molecular formula is C19H22ClN7O2. The summed E-state index contributed by atoms with van der Waals surface area (Å²) in [6, 6.07) is 6.97. The lowest BCUT2D eigenvalue weighted by Gasteiger charge is -2.18. The molecule has 0 amide bonds. The summed E-state index contributed by atoms with van der Waals surface area (Å²) in [6.45, 7) is 3.90. The number of aliphatic hydroxyl groups is 1. The standard InChI is InChI=1S/C14H17ClN2O2.C5H5N5/c1-3-12-16-11-6-4-5-10(15)13(11)14(19)17(12)9(2)7-8-18;6-1-3-4(7)9-2-10-5(3)8/h4-6,9,18H,3,7-8H2,1-2H3;2H,(H4,7,8,9,10). The quantitative estimate of drug-likeness (QED) is 0.584. The molecule has 29 heavy (non-hydrogen) atoms. The van der Waals surface area contributed by atoms with E-state index in [-0.39, 0.29) is 35.4 Å². The third-order valence-electron chi connectivity index (χ3n) is 4.27. The van der Waals surface area contributed by atoms with Gasteiger partial charge in [-0.05, 0) is 25.5 Å². The first-order chi connectivity index (χ1) is 13.8. The van der Waals surface area contributed by atoms with Crippen LogP contribution in [-0.2, 0) is 6.42 Å². The van der Waals surface area contributed by atoms with Crippen LogP contribution in [0.3, 0.4) is 0 Å². The number of halogens is 1. The zero-order valence-electron chi connectivity index (χ0n) is 16.1. The zero-order valence-corrected chi connectivity index (χ0v) is 16.9. The second kappa shape index (κ2) is 9.82. The van der Waals surface area contributed by atoms with Crippen molar-refractivity contribution in [3.05, 3.63) is 51.3 Å². The Balaban J connectivity index is 0.000000253. The predicted octanol–water partition coefficient (Wildman–Crippen LogP) is 2.07. The average molecular weight is 416 g/mol. The molecule has 1 atom stereocenters. The number of fused-ring (bicyclic) bond motifs is 1. The van der Waals surface area contributed by atoms with Crippen LogP contribution in [0.15, 0.2) is 29.3 Å². The number of benzene rings is 1. The van der Waals surface area contributed by atoms with Gasteiger partial charge >= 0.3 is 0 Å². The number of nitrogens with two attached hydrogens (primary N) is 2. The van der Waals surface area contributed by atoms with Crippen molar-refractivity contribution in [3.63, 3.8) is 0 Å². The maximum Gasteiger partial charge on any atom is 0.263 e. The summed E-state index contributed by atoms with van der Waals surface area (Å²) in [6.07, 6.45) is 2.39. The number of anilines is 2. The number of hydrogen-bond donors (Lipinski definition) is 3. The maximum absolute atomic E-state index is 12.6. The maximum atomic E-state index is 12.6. The number of hydrogen-bond acceptors (Lipinski definition) is 8. The molecule has 0 radical (unpaired) electrons. The van der Waals surface area contributed by atoms with Crippen LogP contribution in [-0.4, -0.2) is 31.2 Å². The van der Waals surface area contributed by atoms with Gasteiger partial charge in [-0.2, -0.15) is 5.26 Å². The van der Waals surface area contributed by atoms with E-state index in [1.807, 2.05) is 13.8 Å². The molecule has 2 aromatic heterocycles. The van der Waals surface area contributed by atoms with E-state index >= 15 is 0 Å². The summed E-state index contributed by atoms with van der Waals surface area (Å²) >= 11 is 6.11. The second-order valence-electron chi connectivity index (χ2n) is 6.18. The normalized spacial score (nSPS) is 11.4. The molecule has 9 nitrogen and oxygen atoms in total. The highest BCUT2D eigenvalue weighted by atomic mass is 35.5. The van der Waals surface area contributed by atoms with Gasteiger partial charge < -0.3 is 16.6 Å². The Morgan fingerprint density at radius 2 is 1.97 bits per heavy atom. The lowest BCUT2D eigenvalue weighted by Crippen LogP contribution is -2.28. The lowest BCUT2D eigenvalue weighted by molar-refractivity contribution is 0.259. The summed E-state index contributed by atoms with van der Waals surface area (Å²) in [4.78, 5) is 24.3. The number of nitriles is 1. The molecule has 5 N–H and O–H groups in total. The molecule has 0 aliphatic heterocycles. The van der Waals surface area contributed by atoms with Gasteiger partial charge in [0.2, 0.25) is 0 Å². The molecule has 0 saturated heterocycles. The first kappa shape index (κ1) is 22.1. The third kappa shape index (κ3) is 4.80. The van der Waals surface area contributed by atoms with Crippen LogP contribution in [0, 0.1) is 11.3 Å². The highest BCUT2D eigenvalue weighted by Crippen LogP contribution is 2.21. The Morgan fingerprint density at radius 3 is 2.48 bits per heavy atom. The summed E-state index contributed by atoms with van der Waals surface area (Å²) in [5, 5.41) is 18.3. The van der Waals surface area contributed by atoms with Crippen molar-refractivity contribution in [1.29, 1.82) is 5.26 Å². The van der Waals surface area contributed by atoms with Gasteiger partial charge in [0.15, 0.2) is 0 Å². The van der Waals surface area contributed by atoms with Crippen molar-refractivity contribution in [2.24, 2.45) is 0 Å². The highest BCUT2D eigenvalue weighted by Gasteiger charge is 2.16. The van der Waals surface area contributed by atoms with Crippen LogP contribution >= 0.6 is 11.6 Å². The van der Waals surface area contributed by atoms with E-state index in [1.54, 1.807) is 28.8 Å². The smallest absolute Gasteiger partial charge is 0.263 e. The van der Waals surface area contributed by atoms with E-state index in [2.05, 4.69) is 15.0 Å². The monoisotopic (exact) mass is 415 g/mol. The van der Waals surface area contributed by atoms with E-state index in [0.29, 0.717) is 28.8 Å². The summed E-state index contributed by atoms with van der Waals surface area (Å²) in [5.74, 6) is 0.964. The van der Waals surface area contributed by atoms with Gasteiger partial charge in [0.25, 0.3) is 5.56 Å². The van der Waals surface area contributed by atoms with E-state index in [0.717, 1.165) is 5.82 Å². The van der Waals surface area contributed by atoms with Crippen molar-refractivity contribution in [2.45, 2.75) is 32.7 Å². The average Bonchev–Trinajstić information content (AvgIpc) is 2.68. The fourth-order valence-corrected chi connectivity index (χ4v) is 3.05. The third-order valence-corrected chi connectivity index (χ3v) is 4.59. The molecule has 0 aliphatic rings. The van der Waals surface area contributed by atoms with Crippen LogP contribution in [0.2, 0.25) is 5.02 Å². The Morgan fingerprint density at radius 1 is 1.31 bits per heavy atom. The zero-order chi connectivity index (χ0) is 21.6. The fourth-order valence-electron chi connectivity index (χ4n) is 2.80. The molecular weight excluding hydrogens is 394 g/mol. The molecule has 2 heterocycles. The van der Waals surface area contributed by atoms with E-state index < -0.39 is 0 Å². The van der Waals surface area contributed by atoms with Gasteiger partial charge in [-0.3, -0.25) is 9.36 Å². The van der Waals surface area contributed by atoms with Gasteiger partial charge in [0.1, 0.15) is 35.4 Å². The molecule has 152 valence electrons. The predicted molar refractivity (Wildman–Crippen MR) is 112 cm³/mol. The van der Waals surface area contributed by atoms with Crippen LogP contribution in [0.25, 0.3) is 10.9 Å². The van der Waals surface area contributed by atoms with E-state index in [1.165, 1.54) is 6.33 Å². The molecule has 10 heteroatoms. The molecule has 3 aromatic rings. The van der Waals surface area contributed by atoms with Crippen LogP contribution in [0.1, 0.15) is 37.7 Å². The lowest BCUT2D eigenvalue weighted by atomic mass is 10.2. The number of aromatic nitrogens is 4. The Kier molecular flexibility index (Phi) is 7.47. The molecule has 0 saturated carbocycles. The topological polar surface area (TPSA) is 157 Å². The molecule has 0 bridgehead atoms. The van der Waals surface area contributed by atoms with Crippen molar-refractivity contribution in [3.8, 4) is 6.07 Å². The molecule has 1 unspecified atom stereocenters. The second-order valence-corrected chi connectivity index (χ2v) is 6.59. The Bertz CT molecular complexity index is 1090. The molecule has 3 rings (SSSR count). The van der Waals surface area contributed by atoms with Gasteiger partial charge in [0.05, 0.1) is 15.9 Å². The minimum atomic E-state index is -0.131. The van der Waals surface area contributed by atoms with Crippen molar-refractivity contribution >= 4 is 34.1 Å². The molecule has 0 fully saturated rings. The number of aliphatic hydroxyl groups excluding tert-OH is 1. The number of nitrogens with zero attached hydrogens (tertiary/aromatic N) is 5. The molecule has 0 aliphatic carbocycles. The van der Waals surface area contributed by atoms with Crippen LogP contribution in [0.5, 0.6) is 0 Å². The molecule has 1 aromatic carbocycles. The van der Waals surface area contributed by atoms with Gasteiger partial charge in [-0.1, -0.05) is 24.6 Å². The van der Waals surface area contributed by atoms with Crippen LogP contribution in [0.4, 0.5) is 11.6 Å². The highest BCUT2D eigenvalue weighted by molar-refractivity contribution is 6.35. The van der Waals surface area contributed by atoms with Gasteiger partial charge in [-0.25, -0.2) is 15.0 Å². The fraction of sp³-hybridized carbons (Fsp3) is 0.316. The van der Waals surface area contributed by atoms with Gasteiger partial charge in [0, 0.05) is 19.1 Å². The summed E-state index contributed by atoms with van der Waals surface area (Å²) < 4.78 is 1.64. The van der Waals surface area contributed by atoms with E-state index in [9.17, 15) is 4.79 Å². The number of aryl methyl sites for hydroxylation is 1. The SMILES string of the molecule is CCc1nc2cccc(Cl)c2c(=O)n1C(C)CCO.N#Cc1c(N)ncnc1N. The summed E-state index contributed by atoms with van der Waals surface area (Å²) in [7, 11) is 0. The molecule has 0 spiro atoms. The Hall–Kier alpha value is -3.22. The minimum absolute atomic E-state index is 0.0390. The van der Waals surface area contributed by atoms with Crippen molar-refractivity contribution < 1.29 is 5.11 Å². The van der Waals surface area contributed by atoms with Crippen molar-refractivity contribution in [2.75, 3.05) is 18.1 Å². The number of nitrogen functional groups attached to an aromatic ring is 2. The van der Waals surface area contributed by atoms with E-state index in [4.69, 9.17) is 33.4 Å². The minimum Gasteiger partial charge on any atom is -0.396 e. The summed E-state index contributed by atoms with van der Waals surface area (Å²) in [5.41, 5.74) is 11.2. The number of rotatable bonds is 4.